The first-order valence-electron chi connectivity index (χ1n) is 11.5. The molecule has 0 saturated heterocycles. The summed E-state index contributed by atoms with van der Waals surface area (Å²) in [5.74, 6) is 0. The molecule has 0 spiro atoms. The van der Waals surface area contributed by atoms with Crippen molar-refractivity contribution >= 4 is 12.2 Å². The molecule has 0 fully saturated rings. The summed E-state index contributed by atoms with van der Waals surface area (Å²) in [6.07, 6.45) is -2.48. The predicted molar refractivity (Wildman–Crippen MR) is 132 cm³/mol. The van der Waals surface area contributed by atoms with Crippen molar-refractivity contribution < 1.29 is 24.2 Å². The summed E-state index contributed by atoms with van der Waals surface area (Å²) in [5, 5.41) is 11.4. The summed E-state index contributed by atoms with van der Waals surface area (Å²) in [4.78, 5) is 27.4. The second-order valence-electron chi connectivity index (χ2n) is 10.4. The van der Waals surface area contributed by atoms with E-state index in [-0.39, 0.29) is 6.42 Å². The van der Waals surface area contributed by atoms with Crippen LogP contribution in [0.25, 0.3) is 0 Å². The van der Waals surface area contributed by atoms with Gasteiger partial charge in [-0.3, -0.25) is 0 Å². The first-order valence-corrected chi connectivity index (χ1v) is 11.5. The predicted octanol–water partition coefficient (Wildman–Crippen LogP) is 4.70. The minimum absolute atomic E-state index is 0.184. The van der Waals surface area contributed by atoms with Gasteiger partial charge in [0, 0.05) is 6.04 Å². The maximum Gasteiger partial charge on any atom is 0.420 e. The van der Waals surface area contributed by atoms with E-state index in [4.69, 9.17) is 15.2 Å². The van der Waals surface area contributed by atoms with E-state index in [2.05, 4.69) is 0 Å². The maximum absolute atomic E-state index is 13.3. The van der Waals surface area contributed by atoms with Crippen LogP contribution in [0.3, 0.4) is 0 Å². The van der Waals surface area contributed by atoms with Crippen LogP contribution < -0.4 is 5.73 Å². The summed E-state index contributed by atoms with van der Waals surface area (Å²) < 4.78 is 11.1. The molecule has 0 heterocycles. The standard InChI is InChI=1S/C27H38N2O5/c1-26(2,3)33-24(31)29(25(32)34-27(4,5)6)22(18-20-15-11-8-12-16-20)23(30)21(28)17-19-13-9-7-10-14-19/h7-16,21-23,30H,17-18,28H2,1-6H3/t21-,22?,23?/m0/s1. The summed E-state index contributed by atoms with van der Waals surface area (Å²) in [6.45, 7) is 10.3. The van der Waals surface area contributed by atoms with Crippen LogP contribution in [-0.2, 0) is 22.3 Å². The Hall–Kier alpha value is -2.90. The van der Waals surface area contributed by atoms with E-state index in [0.29, 0.717) is 6.42 Å². The molecule has 2 aromatic carbocycles. The topological polar surface area (TPSA) is 102 Å². The number of benzene rings is 2. The molecule has 0 saturated carbocycles. The zero-order valence-corrected chi connectivity index (χ0v) is 21.0. The molecule has 2 unspecified atom stereocenters. The molecule has 3 atom stereocenters. The van der Waals surface area contributed by atoms with Crippen molar-refractivity contribution in [3.8, 4) is 0 Å². The monoisotopic (exact) mass is 470 g/mol. The number of aliphatic hydroxyl groups excluding tert-OH is 1. The van der Waals surface area contributed by atoms with Crippen molar-refractivity contribution in [2.45, 2.75) is 83.8 Å². The van der Waals surface area contributed by atoms with Gasteiger partial charge in [0.2, 0.25) is 0 Å². The number of aliphatic hydroxyl groups is 1. The second-order valence-corrected chi connectivity index (χ2v) is 10.4. The fourth-order valence-corrected chi connectivity index (χ4v) is 3.48. The summed E-state index contributed by atoms with van der Waals surface area (Å²) >= 11 is 0. The van der Waals surface area contributed by atoms with E-state index >= 15 is 0 Å². The molecular formula is C27H38N2O5. The van der Waals surface area contributed by atoms with Crippen LogP contribution in [0, 0.1) is 0 Å². The minimum atomic E-state index is -1.24. The van der Waals surface area contributed by atoms with Crippen molar-refractivity contribution in [3.05, 3.63) is 71.8 Å². The van der Waals surface area contributed by atoms with Gasteiger partial charge in [-0.25, -0.2) is 14.5 Å². The number of rotatable bonds is 7. The Kier molecular flexibility index (Phi) is 9.24. The van der Waals surface area contributed by atoms with Crippen LogP contribution in [0.15, 0.2) is 60.7 Å². The zero-order valence-electron chi connectivity index (χ0n) is 21.0. The Balaban J connectivity index is 2.45. The largest absolute Gasteiger partial charge is 0.443 e. The zero-order chi connectivity index (χ0) is 25.5. The quantitative estimate of drug-likeness (QED) is 0.608. The Morgan fingerprint density at radius 3 is 1.56 bits per heavy atom. The number of hydrogen-bond acceptors (Lipinski definition) is 6. The lowest BCUT2D eigenvalue weighted by Gasteiger charge is -2.37. The van der Waals surface area contributed by atoms with Gasteiger partial charge in [0.15, 0.2) is 0 Å². The normalized spacial score (nSPS) is 14.6. The van der Waals surface area contributed by atoms with E-state index in [1.165, 1.54) is 0 Å². The Morgan fingerprint density at radius 1 is 0.794 bits per heavy atom. The van der Waals surface area contributed by atoms with E-state index < -0.39 is 41.6 Å². The SMILES string of the molecule is CC(C)(C)OC(=O)N(C(=O)OC(C)(C)C)C(Cc1ccccc1)C(O)[C@@H](N)Cc1ccccc1. The van der Waals surface area contributed by atoms with Gasteiger partial charge in [-0.05, 0) is 65.5 Å². The highest BCUT2D eigenvalue weighted by molar-refractivity contribution is 5.88. The molecule has 0 aliphatic carbocycles. The summed E-state index contributed by atoms with van der Waals surface area (Å²) in [7, 11) is 0. The molecule has 34 heavy (non-hydrogen) atoms. The molecule has 0 bridgehead atoms. The van der Waals surface area contributed by atoms with Gasteiger partial charge in [-0.15, -0.1) is 0 Å². The van der Waals surface area contributed by atoms with Gasteiger partial charge in [-0.1, -0.05) is 60.7 Å². The highest BCUT2D eigenvalue weighted by Gasteiger charge is 2.41. The number of ether oxygens (including phenoxy) is 2. The molecule has 0 radical (unpaired) electrons. The van der Waals surface area contributed by atoms with Gasteiger partial charge in [0.25, 0.3) is 0 Å². The highest BCUT2D eigenvalue weighted by Crippen LogP contribution is 2.23. The van der Waals surface area contributed by atoms with Crippen molar-refractivity contribution in [3.63, 3.8) is 0 Å². The fourth-order valence-electron chi connectivity index (χ4n) is 3.48. The molecule has 2 rings (SSSR count). The maximum atomic E-state index is 13.3. The number of nitrogens with zero attached hydrogens (tertiary/aromatic N) is 1. The van der Waals surface area contributed by atoms with Crippen molar-refractivity contribution in [2.75, 3.05) is 0 Å². The Morgan fingerprint density at radius 2 is 1.18 bits per heavy atom. The third-order valence-electron chi connectivity index (χ3n) is 4.95. The average molecular weight is 471 g/mol. The van der Waals surface area contributed by atoms with Gasteiger partial charge in [0.1, 0.15) is 11.2 Å². The number of carbonyl (C=O) groups is 2. The molecule has 186 valence electrons. The molecular weight excluding hydrogens is 432 g/mol. The molecule has 0 aliphatic rings. The molecule has 2 aromatic rings. The van der Waals surface area contributed by atoms with Crippen LogP contribution >= 0.6 is 0 Å². The first kappa shape index (κ1) is 27.3. The van der Waals surface area contributed by atoms with E-state index in [9.17, 15) is 14.7 Å². The van der Waals surface area contributed by atoms with E-state index in [1.54, 1.807) is 41.5 Å². The van der Waals surface area contributed by atoms with Gasteiger partial charge in [-0.2, -0.15) is 0 Å². The molecule has 0 aromatic heterocycles. The lowest BCUT2D eigenvalue weighted by molar-refractivity contribution is -0.0279. The lowest BCUT2D eigenvalue weighted by Crippen LogP contribution is -2.58. The molecule has 0 aliphatic heterocycles. The van der Waals surface area contributed by atoms with Crippen LogP contribution in [0.4, 0.5) is 9.59 Å². The number of amides is 2. The van der Waals surface area contributed by atoms with E-state index in [0.717, 1.165) is 16.0 Å². The van der Waals surface area contributed by atoms with Crippen LogP contribution in [0.2, 0.25) is 0 Å². The Labute approximate surface area is 202 Å². The van der Waals surface area contributed by atoms with Crippen molar-refractivity contribution in [1.29, 1.82) is 0 Å². The molecule has 7 heteroatoms. The minimum Gasteiger partial charge on any atom is -0.443 e. The Bertz CT molecular complexity index is 892. The van der Waals surface area contributed by atoms with Crippen LogP contribution in [0.5, 0.6) is 0 Å². The number of imide groups is 1. The lowest BCUT2D eigenvalue weighted by atomic mass is 9.92. The van der Waals surface area contributed by atoms with Gasteiger partial charge < -0.3 is 20.3 Å². The summed E-state index contributed by atoms with van der Waals surface area (Å²) in [6, 6.07) is 17.1. The number of carbonyl (C=O) groups excluding carboxylic acids is 2. The highest BCUT2D eigenvalue weighted by atomic mass is 16.6. The average Bonchev–Trinajstić information content (AvgIpc) is 2.71. The first-order chi connectivity index (χ1) is 15.8. The van der Waals surface area contributed by atoms with Crippen LogP contribution in [0.1, 0.15) is 52.7 Å². The van der Waals surface area contributed by atoms with Crippen molar-refractivity contribution in [1.82, 2.24) is 4.90 Å². The molecule has 7 nitrogen and oxygen atoms in total. The molecule has 3 N–H and O–H groups in total. The smallest absolute Gasteiger partial charge is 0.420 e. The molecule has 2 amide bonds. The van der Waals surface area contributed by atoms with Crippen molar-refractivity contribution in [2.24, 2.45) is 5.73 Å². The third kappa shape index (κ3) is 8.80. The third-order valence-corrected chi connectivity index (χ3v) is 4.95. The number of nitrogens with two attached hydrogens (primary N) is 1. The summed E-state index contributed by atoms with van der Waals surface area (Å²) in [5.41, 5.74) is 6.47. The fraction of sp³-hybridized carbons (Fsp3) is 0.481. The van der Waals surface area contributed by atoms with Crippen LogP contribution in [-0.4, -0.2) is 51.6 Å². The van der Waals surface area contributed by atoms with Gasteiger partial charge >= 0.3 is 12.2 Å². The van der Waals surface area contributed by atoms with Gasteiger partial charge in [0.05, 0.1) is 12.1 Å². The number of hydrogen-bond donors (Lipinski definition) is 2. The van der Waals surface area contributed by atoms with E-state index in [1.807, 2.05) is 60.7 Å². The second kappa shape index (κ2) is 11.5.